The van der Waals surface area contributed by atoms with Crippen LogP contribution in [0, 0.1) is 0 Å². The van der Waals surface area contributed by atoms with E-state index in [1.807, 2.05) is 12.1 Å². The van der Waals surface area contributed by atoms with E-state index in [4.69, 9.17) is 10.5 Å². The highest BCUT2D eigenvalue weighted by Gasteiger charge is 2.29. The number of nitrogens with zero attached hydrogens (tertiary/aromatic N) is 1. The van der Waals surface area contributed by atoms with E-state index in [0.29, 0.717) is 19.1 Å². The number of amides is 1. The van der Waals surface area contributed by atoms with Gasteiger partial charge in [-0.05, 0) is 44.9 Å². The van der Waals surface area contributed by atoms with Gasteiger partial charge in [0.2, 0.25) is 5.91 Å². The van der Waals surface area contributed by atoms with Crippen LogP contribution in [-0.4, -0.2) is 42.6 Å². The second-order valence-electron chi connectivity index (χ2n) is 6.61. The molecule has 1 fully saturated rings. The molecule has 1 saturated heterocycles. The second kappa shape index (κ2) is 11.7. The maximum atomic E-state index is 12.1. The molecule has 3 N–H and O–H groups in total. The standard InChI is InChI=1S/C18H29N3O2.2ClH/c1-13(2)21(3)12-15-6-4-5-14(9-15)11-20-18(22)17-8-7-16(10-19)23-17;;/h4-6,9,13,16-17H,7-8,10-12,19H2,1-3H3,(H,20,22);2*1H/t16-,17+;;/m1../s1. The molecule has 0 aromatic heterocycles. The molecular formula is C18H31Cl2N3O2. The maximum Gasteiger partial charge on any atom is 0.249 e. The summed E-state index contributed by atoms with van der Waals surface area (Å²) >= 11 is 0. The lowest BCUT2D eigenvalue weighted by molar-refractivity contribution is -0.132. The molecule has 0 radical (unpaired) electrons. The Morgan fingerprint density at radius 3 is 2.60 bits per heavy atom. The molecule has 2 rings (SSSR count). The van der Waals surface area contributed by atoms with Crippen molar-refractivity contribution in [2.24, 2.45) is 5.73 Å². The highest BCUT2D eigenvalue weighted by atomic mass is 35.5. The molecule has 5 nitrogen and oxygen atoms in total. The van der Waals surface area contributed by atoms with Crippen molar-refractivity contribution in [3.05, 3.63) is 35.4 Å². The van der Waals surface area contributed by atoms with Crippen LogP contribution in [0.2, 0.25) is 0 Å². The van der Waals surface area contributed by atoms with Crippen molar-refractivity contribution in [3.63, 3.8) is 0 Å². The minimum Gasteiger partial charge on any atom is -0.364 e. The summed E-state index contributed by atoms with van der Waals surface area (Å²) in [6.07, 6.45) is 1.30. The SMILES string of the molecule is CC(C)N(C)Cc1cccc(CNC(=O)[C@@H]2CC[C@H](CN)O2)c1.Cl.Cl. The summed E-state index contributed by atoms with van der Waals surface area (Å²) in [5, 5.41) is 2.97. The fourth-order valence-corrected chi connectivity index (χ4v) is 2.68. The average molecular weight is 392 g/mol. The lowest BCUT2D eigenvalue weighted by Gasteiger charge is -2.21. The summed E-state index contributed by atoms with van der Waals surface area (Å²) in [7, 11) is 2.12. The maximum absolute atomic E-state index is 12.1. The van der Waals surface area contributed by atoms with Gasteiger partial charge in [0.1, 0.15) is 6.10 Å². The fraction of sp³-hybridized carbons (Fsp3) is 0.611. The normalized spacial score (nSPS) is 19.4. The van der Waals surface area contributed by atoms with Gasteiger partial charge in [-0.25, -0.2) is 0 Å². The van der Waals surface area contributed by atoms with Gasteiger partial charge in [-0.1, -0.05) is 24.3 Å². The Morgan fingerprint density at radius 2 is 2.00 bits per heavy atom. The van der Waals surface area contributed by atoms with E-state index in [1.165, 1.54) is 5.56 Å². The van der Waals surface area contributed by atoms with Gasteiger partial charge < -0.3 is 15.8 Å². The third-order valence-corrected chi connectivity index (χ3v) is 4.43. The molecule has 1 aromatic carbocycles. The van der Waals surface area contributed by atoms with Crippen molar-refractivity contribution in [3.8, 4) is 0 Å². The smallest absolute Gasteiger partial charge is 0.249 e. The van der Waals surface area contributed by atoms with Crippen molar-refractivity contribution in [1.29, 1.82) is 0 Å². The van der Waals surface area contributed by atoms with E-state index in [0.717, 1.165) is 24.9 Å². The van der Waals surface area contributed by atoms with Gasteiger partial charge in [-0.3, -0.25) is 9.69 Å². The van der Waals surface area contributed by atoms with Crippen LogP contribution >= 0.6 is 24.8 Å². The Morgan fingerprint density at radius 1 is 1.32 bits per heavy atom. The topological polar surface area (TPSA) is 67.6 Å². The van der Waals surface area contributed by atoms with Crippen LogP contribution in [-0.2, 0) is 22.6 Å². The highest BCUT2D eigenvalue weighted by Crippen LogP contribution is 2.19. The molecule has 0 unspecified atom stereocenters. The van der Waals surface area contributed by atoms with E-state index >= 15 is 0 Å². The third kappa shape index (κ3) is 7.50. The minimum atomic E-state index is -0.348. The van der Waals surface area contributed by atoms with Gasteiger partial charge in [0.15, 0.2) is 0 Å². The lowest BCUT2D eigenvalue weighted by Crippen LogP contribution is -2.35. The van der Waals surface area contributed by atoms with Crippen LogP contribution in [0.5, 0.6) is 0 Å². The van der Waals surface area contributed by atoms with Crippen molar-refractivity contribution in [2.75, 3.05) is 13.6 Å². The van der Waals surface area contributed by atoms with E-state index in [2.05, 4.69) is 43.2 Å². The summed E-state index contributed by atoms with van der Waals surface area (Å²) in [6.45, 7) is 6.28. The molecule has 1 amide bonds. The van der Waals surface area contributed by atoms with Crippen molar-refractivity contribution in [1.82, 2.24) is 10.2 Å². The Balaban J connectivity index is 0.00000288. The van der Waals surface area contributed by atoms with Crippen LogP contribution in [0.4, 0.5) is 0 Å². The van der Waals surface area contributed by atoms with Gasteiger partial charge in [0.25, 0.3) is 0 Å². The van der Waals surface area contributed by atoms with Gasteiger partial charge in [0.05, 0.1) is 6.10 Å². The quantitative estimate of drug-likeness (QED) is 0.748. The molecule has 1 heterocycles. The molecule has 0 bridgehead atoms. The summed E-state index contributed by atoms with van der Waals surface area (Å²) < 4.78 is 5.62. The summed E-state index contributed by atoms with van der Waals surface area (Å²) in [5.74, 6) is -0.0364. The van der Waals surface area contributed by atoms with Gasteiger partial charge >= 0.3 is 0 Å². The molecule has 1 aliphatic heterocycles. The number of rotatable bonds is 7. The number of nitrogens with one attached hydrogen (secondary N) is 1. The van der Waals surface area contributed by atoms with Gasteiger partial charge in [-0.15, -0.1) is 24.8 Å². The number of carbonyl (C=O) groups is 1. The Kier molecular flexibility index (Phi) is 11.3. The summed E-state index contributed by atoms with van der Waals surface area (Å²) in [4.78, 5) is 14.4. The molecule has 1 aromatic rings. The molecule has 0 saturated carbocycles. The van der Waals surface area contributed by atoms with Crippen LogP contribution in [0.1, 0.15) is 37.8 Å². The first-order valence-corrected chi connectivity index (χ1v) is 8.41. The Labute approximate surface area is 163 Å². The monoisotopic (exact) mass is 391 g/mol. The van der Waals surface area contributed by atoms with Crippen molar-refractivity contribution in [2.45, 2.75) is 58.0 Å². The molecule has 144 valence electrons. The number of hydrogen-bond donors (Lipinski definition) is 2. The number of ether oxygens (including phenoxy) is 1. The van der Waals surface area contributed by atoms with Crippen LogP contribution in [0.25, 0.3) is 0 Å². The summed E-state index contributed by atoms with van der Waals surface area (Å²) in [5.41, 5.74) is 7.95. The first kappa shape index (κ1) is 24.1. The Bertz CT molecular complexity index is 529. The number of carbonyl (C=O) groups excluding carboxylic acids is 1. The molecule has 0 aliphatic carbocycles. The number of halogens is 2. The molecule has 7 heteroatoms. The van der Waals surface area contributed by atoms with Crippen molar-refractivity contribution >= 4 is 30.7 Å². The zero-order valence-corrected chi connectivity index (χ0v) is 16.9. The third-order valence-electron chi connectivity index (χ3n) is 4.43. The van der Waals surface area contributed by atoms with Gasteiger partial charge in [0, 0.05) is 25.7 Å². The predicted molar refractivity (Wildman–Crippen MR) is 106 cm³/mol. The predicted octanol–water partition coefficient (Wildman–Crippen LogP) is 2.49. The Hall–Kier alpha value is -0.850. The van der Waals surface area contributed by atoms with Crippen LogP contribution < -0.4 is 11.1 Å². The lowest BCUT2D eigenvalue weighted by atomic mass is 10.1. The molecular weight excluding hydrogens is 361 g/mol. The number of hydrogen-bond acceptors (Lipinski definition) is 4. The average Bonchev–Trinajstić information content (AvgIpc) is 3.02. The van der Waals surface area contributed by atoms with E-state index < -0.39 is 0 Å². The largest absolute Gasteiger partial charge is 0.364 e. The van der Waals surface area contributed by atoms with Crippen LogP contribution in [0.3, 0.4) is 0 Å². The number of benzene rings is 1. The molecule has 2 atom stereocenters. The van der Waals surface area contributed by atoms with E-state index in [9.17, 15) is 4.79 Å². The highest BCUT2D eigenvalue weighted by molar-refractivity contribution is 5.85. The summed E-state index contributed by atoms with van der Waals surface area (Å²) in [6, 6.07) is 8.86. The second-order valence-corrected chi connectivity index (χ2v) is 6.61. The van der Waals surface area contributed by atoms with Crippen LogP contribution in [0.15, 0.2) is 24.3 Å². The zero-order valence-electron chi connectivity index (χ0n) is 15.2. The number of nitrogens with two attached hydrogens (primary N) is 1. The van der Waals surface area contributed by atoms with E-state index in [1.54, 1.807) is 0 Å². The molecule has 1 aliphatic rings. The minimum absolute atomic E-state index is 0. The van der Waals surface area contributed by atoms with E-state index in [-0.39, 0.29) is 42.9 Å². The first-order chi connectivity index (χ1) is 11.0. The zero-order chi connectivity index (χ0) is 16.8. The molecule has 0 spiro atoms. The fourth-order valence-electron chi connectivity index (χ4n) is 2.68. The first-order valence-electron chi connectivity index (χ1n) is 8.41. The van der Waals surface area contributed by atoms with Crippen molar-refractivity contribution < 1.29 is 9.53 Å². The van der Waals surface area contributed by atoms with Gasteiger partial charge in [-0.2, -0.15) is 0 Å². The molecule has 25 heavy (non-hydrogen) atoms.